The van der Waals surface area contributed by atoms with Crippen LogP contribution in [0.4, 0.5) is 4.39 Å². The summed E-state index contributed by atoms with van der Waals surface area (Å²) in [6.45, 7) is 3.78. The van der Waals surface area contributed by atoms with Crippen LogP contribution < -0.4 is 5.32 Å². The third-order valence-electron chi connectivity index (χ3n) is 3.78. The van der Waals surface area contributed by atoms with E-state index in [1.807, 2.05) is 23.9 Å². The van der Waals surface area contributed by atoms with Gasteiger partial charge in [-0.15, -0.1) is 0 Å². The topological polar surface area (TPSA) is 15.3 Å². The zero-order valence-corrected chi connectivity index (χ0v) is 12.0. The van der Waals surface area contributed by atoms with Crippen LogP contribution in [0, 0.1) is 5.82 Å². The number of thioether (sulfide) groups is 1. The van der Waals surface area contributed by atoms with Crippen molar-refractivity contribution >= 4 is 11.8 Å². The maximum absolute atomic E-state index is 13.9. The Kier molecular flexibility index (Phi) is 4.41. The number of rotatable bonds is 5. The molecule has 0 spiro atoms. The molecule has 1 saturated carbocycles. The minimum absolute atomic E-state index is 0.0617. The Balaban J connectivity index is 1.62. The lowest BCUT2D eigenvalue weighted by molar-refractivity contribution is 0.290. The van der Waals surface area contributed by atoms with Crippen molar-refractivity contribution < 1.29 is 4.39 Å². The van der Waals surface area contributed by atoms with Crippen molar-refractivity contribution in [2.24, 2.45) is 0 Å². The quantitative estimate of drug-likeness (QED) is 0.892. The van der Waals surface area contributed by atoms with E-state index in [0.717, 1.165) is 31.7 Å². The molecule has 0 aromatic heterocycles. The molecule has 0 radical (unpaired) electrons. The minimum Gasteiger partial charge on any atom is -0.310 e. The summed E-state index contributed by atoms with van der Waals surface area (Å²) >= 11 is 1.99. The van der Waals surface area contributed by atoms with Gasteiger partial charge in [0.15, 0.2) is 0 Å². The van der Waals surface area contributed by atoms with Crippen LogP contribution in [0.3, 0.4) is 0 Å². The molecule has 1 N–H and O–H groups in total. The van der Waals surface area contributed by atoms with Crippen LogP contribution in [0.15, 0.2) is 18.2 Å². The summed E-state index contributed by atoms with van der Waals surface area (Å²) in [5, 5.41) is 3.48. The van der Waals surface area contributed by atoms with Gasteiger partial charge in [-0.2, -0.15) is 11.8 Å². The van der Waals surface area contributed by atoms with Crippen molar-refractivity contribution in [2.75, 3.05) is 24.6 Å². The number of benzene rings is 1. The van der Waals surface area contributed by atoms with Crippen molar-refractivity contribution in [3.8, 4) is 0 Å². The van der Waals surface area contributed by atoms with E-state index in [2.05, 4.69) is 10.2 Å². The molecule has 1 heterocycles. The molecule has 0 amide bonds. The number of hydrogen-bond acceptors (Lipinski definition) is 3. The molecule has 1 aliphatic carbocycles. The largest absolute Gasteiger partial charge is 0.310 e. The van der Waals surface area contributed by atoms with Crippen molar-refractivity contribution in [3.63, 3.8) is 0 Å². The lowest BCUT2D eigenvalue weighted by atomic mass is 10.1. The molecule has 19 heavy (non-hydrogen) atoms. The zero-order valence-electron chi connectivity index (χ0n) is 11.2. The molecule has 0 atom stereocenters. The van der Waals surface area contributed by atoms with Crippen molar-refractivity contribution in [2.45, 2.75) is 32.0 Å². The lowest BCUT2D eigenvalue weighted by Gasteiger charge is -2.26. The first-order valence-electron chi connectivity index (χ1n) is 7.12. The van der Waals surface area contributed by atoms with Gasteiger partial charge in [0.2, 0.25) is 0 Å². The monoisotopic (exact) mass is 280 g/mol. The molecule has 2 fully saturated rings. The lowest BCUT2D eigenvalue weighted by Crippen LogP contribution is -2.32. The molecule has 0 unspecified atom stereocenters. The van der Waals surface area contributed by atoms with E-state index in [9.17, 15) is 4.39 Å². The van der Waals surface area contributed by atoms with Gasteiger partial charge in [-0.25, -0.2) is 4.39 Å². The van der Waals surface area contributed by atoms with Crippen LogP contribution in [0.25, 0.3) is 0 Å². The van der Waals surface area contributed by atoms with Gasteiger partial charge in [-0.1, -0.05) is 12.1 Å². The van der Waals surface area contributed by atoms with E-state index in [4.69, 9.17) is 0 Å². The predicted octanol–water partition coefficient (Wildman–Crippen LogP) is 2.63. The molecular formula is C15H21FN2S. The molecule has 1 saturated heterocycles. The van der Waals surface area contributed by atoms with Crippen LogP contribution >= 0.6 is 11.8 Å². The fraction of sp³-hybridized carbons (Fsp3) is 0.600. The van der Waals surface area contributed by atoms with Crippen LogP contribution in [0.5, 0.6) is 0 Å². The molecule has 2 aliphatic rings. The number of nitrogens with zero attached hydrogens (tertiary/aromatic N) is 1. The van der Waals surface area contributed by atoms with Crippen LogP contribution in [0.1, 0.15) is 24.0 Å². The first kappa shape index (κ1) is 13.4. The highest BCUT2D eigenvalue weighted by atomic mass is 32.2. The Morgan fingerprint density at radius 1 is 1.26 bits per heavy atom. The highest BCUT2D eigenvalue weighted by Crippen LogP contribution is 2.20. The normalized spacial score (nSPS) is 20.7. The summed E-state index contributed by atoms with van der Waals surface area (Å²) in [7, 11) is 0. The van der Waals surface area contributed by atoms with Gasteiger partial charge < -0.3 is 5.32 Å². The fourth-order valence-corrected chi connectivity index (χ4v) is 3.39. The summed E-state index contributed by atoms with van der Waals surface area (Å²) in [5.41, 5.74) is 2.05. The van der Waals surface area contributed by atoms with Crippen molar-refractivity contribution in [1.82, 2.24) is 10.2 Å². The molecule has 4 heteroatoms. The Morgan fingerprint density at radius 2 is 2.05 bits per heavy atom. The second kappa shape index (κ2) is 6.25. The first-order valence-corrected chi connectivity index (χ1v) is 8.27. The van der Waals surface area contributed by atoms with Gasteiger partial charge in [0.05, 0.1) is 0 Å². The second-order valence-electron chi connectivity index (χ2n) is 5.47. The third kappa shape index (κ3) is 3.94. The Bertz CT molecular complexity index is 428. The van der Waals surface area contributed by atoms with Crippen molar-refractivity contribution in [1.29, 1.82) is 0 Å². The Labute approximate surface area is 118 Å². The average molecular weight is 280 g/mol. The van der Waals surface area contributed by atoms with Crippen LogP contribution in [-0.2, 0) is 13.1 Å². The number of halogens is 1. The Hall–Kier alpha value is -0.580. The first-order chi connectivity index (χ1) is 9.31. The van der Waals surface area contributed by atoms with Gasteiger partial charge in [-0.05, 0) is 24.5 Å². The van der Waals surface area contributed by atoms with E-state index in [1.165, 1.54) is 29.9 Å². The molecule has 1 aromatic carbocycles. The second-order valence-corrected chi connectivity index (χ2v) is 6.69. The number of nitrogens with one attached hydrogen (secondary N) is 1. The van der Waals surface area contributed by atoms with Gasteiger partial charge in [0.1, 0.15) is 5.82 Å². The van der Waals surface area contributed by atoms with Gasteiger partial charge in [-0.3, -0.25) is 4.90 Å². The van der Waals surface area contributed by atoms with E-state index in [-0.39, 0.29) is 5.82 Å². The smallest absolute Gasteiger partial charge is 0.127 e. The van der Waals surface area contributed by atoms with Gasteiger partial charge >= 0.3 is 0 Å². The van der Waals surface area contributed by atoms with Crippen LogP contribution in [0.2, 0.25) is 0 Å². The molecule has 0 bridgehead atoms. The molecule has 1 aromatic rings. The molecular weight excluding hydrogens is 259 g/mol. The zero-order chi connectivity index (χ0) is 13.1. The summed E-state index contributed by atoms with van der Waals surface area (Å²) < 4.78 is 13.9. The van der Waals surface area contributed by atoms with E-state index >= 15 is 0 Å². The maximum Gasteiger partial charge on any atom is 0.127 e. The van der Waals surface area contributed by atoms with E-state index in [1.54, 1.807) is 6.07 Å². The van der Waals surface area contributed by atoms with Crippen molar-refractivity contribution in [3.05, 3.63) is 35.1 Å². The van der Waals surface area contributed by atoms with Crippen LogP contribution in [-0.4, -0.2) is 35.5 Å². The molecule has 104 valence electrons. The van der Waals surface area contributed by atoms with Gasteiger partial charge in [0, 0.05) is 49.3 Å². The number of hydrogen-bond donors (Lipinski definition) is 1. The average Bonchev–Trinajstić information content (AvgIpc) is 3.25. The molecule has 2 nitrogen and oxygen atoms in total. The fourth-order valence-electron chi connectivity index (χ4n) is 2.41. The molecule has 1 aliphatic heterocycles. The molecule has 3 rings (SSSR count). The predicted molar refractivity (Wildman–Crippen MR) is 78.9 cm³/mol. The summed E-state index contributed by atoms with van der Waals surface area (Å²) in [6, 6.07) is 6.26. The third-order valence-corrected chi connectivity index (χ3v) is 4.72. The SMILES string of the molecule is Fc1ccc(CNC2CC2)cc1CN1CCSCC1. The van der Waals surface area contributed by atoms with E-state index < -0.39 is 0 Å². The summed E-state index contributed by atoms with van der Waals surface area (Å²) in [5.74, 6) is 2.28. The standard InChI is InChI=1S/C15H21FN2S/c16-15-4-1-12(10-17-14-2-3-14)9-13(15)11-18-5-7-19-8-6-18/h1,4,9,14,17H,2-3,5-8,10-11H2. The van der Waals surface area contributed by atoms with Gasteiger partial charge in [0.25, 0.3) is 0 Å². The Morgan fingerprint density at radius 3 is 2.79 bits per heavy atom. The highest BCUT2D eigenvalue weighted by Gasteiger charge is 2.20. The summed E-state index contributed by atoms with van der Waals surface area (Å²) in [6.07, 6.45) is 2.58. The summed E-state index contributed by atoms with van der Waals surface area (Å²) in [4.78, 5) is 2.35. The van der Waals surface area contributed by atoms with E-state index in [0.29, 0.717) is 6.04 Å². The maximum atomic E-state index is 13.9. The minimum atomic E-state index is -0.0617. The highest BCUT2D eigenvalue weighted by molar-refractivity contribution is 7.99.